The summed E-state index contributed by atoms with van der Waals surface area (Å²) in [4.78, 5) is 33.3. The van der Waals surface area contributed by atoms with E-state index in [1.807, 2.05) is 4.90 Å². The maximum absolute atomic E-state index is 12.8. The molecular weight excluding hydrogens is 330 g/mol. The number of nitrogens with one attached hydrogen (secondary N) is 2. The van der Waals surface area contributed by atoms with Gasteiger partial charge in [0, 0.05) is 37.2 Å². The normalized spacial score (nSPS) is 25.6. The lowest BCUT2D eigenvalue weighted by Crippen LogP contribution is -2.30. The summed E-state index contributed by atoms with van der Waals surface area (Å²) in [6, 6.07) is 3.19. The van der Waals surface area contributed by atoms with E-state index in [4.69, 9.17) is 4.98 Å². The summed E-state index contributed by atoms with van der Waals surface area (Å²) in [6.07, 6.45) is 6.85. The van der Waals surface area contributed by atoms with Crippen LogP contribution in [0.15, 0.2) is 23.1 Å². The second-order valence-electron chi connectivity index (χ2n) is 8.00. The van der Waals surface area contributed by atoms with Crippen LogP contribution in [0.3, 0.4) is 0 Å². The smallest absolute Gasteiger partial charge is 0.247 e. The molecule has 7 heteroatoms. The predicted molar refractivity (Wildman–Crippen MR) is 94.7 cm³/mol. The largest absolute Gasteiger partial charge is 0.341 e. The molecule has 3 aliphatic rings. The number of aromatic nitrogens is 4. The van der Waals surface area contributed by atoms with Crippen molar-refractivity contribution in [3.05, 3.63) is 45.9 Å². The zero-order valence-electron chi connectivity index (χ0n) is 14.6. The summed E-state index contributed by atoms with van der Waals surface area (Å²) in [6.45, 7) is 1.51. The minimum atomic E-state index is -0.145. The van der Waals surface area contributed by atoms with Crippen molar-refractivity contribution in [3.8, 4) is 0 Å². The lowest BCUT2D eigenvalue weighted by molar-refractivity contribution is -0.129. The Morgan fingerprint density at radius 2 is 2.04 bits per heavy atom. The molecule has 2 atom stereocenters. The van der Waals surface area contributed by atoms with Gasteiger partial charge in [-0.3, -0.25) is 14.7 Å². The third kappa shape index (κ3) is 3.06. The van der Waals surface area contributed by atoms with Gasteiger partial charge in [-0.05, 0) is 43.1 Å². The van der Waals surface area contributed by atoms with Gasteiger partial charge in [0.15, 0.2) is 5.82 Å². The monoisotopic (exact) mass is 353 g/mol. The van der Waals surface area contributed by atoms with Gasteiger partial charge in [0.05, 0.1) is 6.42 Å². The molecule has 2 aromatic heterocycles. The van der Waals surface area contributed by atoms with E-state index < -0.39 is 0 Å². The number of pyridine rings is 1. The summed E-state index contributed by atoms with van der Waals surface area (Å²) in [5.74, 6) is 4.03. The van der Waals surface area contributed by atoms with Crippen molar-refractivity contribution in [1.29, 1.82) is 0 Å². The lowest BCUT2D eigenvalue weighted by atomic mass is 9.91. The molecule has 136 valence electrons. The topological polar surface area (TPSA) is 94.7 Å². The molecule has 0 spiro atoms. The first-order valence-electron chi connectivity index (χ1n) is 9.55. The fourth-order valence-electron chi connectivity index (χ4n) is 4.14. The molecule has 1 aliphatic heterocycles. The average molecular weight is 353 g/mol. The van der Waals surface area contributed by atoms with Crippen LogP contribution in [0.4, 0.5) is 0 Å². The molecule has 7 nitrogen and oxygen atoms in total. The zero-order chi connectivity index (χ0) is 17.7. The maximum atomic E-state index is 12.8. The number of carbonyl (C=O) groups excluding carboxylic acids is 1. The van der Waals surface area contributed by atoms with Crippen molar-refractivity contribution in [2.75, 3.05) is 13.1 Å². The fourth-order valence-corrected chi connectivity index (χ4v) is 4.14. The molecule has 2 aromatic rings. The summed E-state index contributed by atoms with van der Waals surface area (Å²) < 4.78 is 0. The third-order valence-electron chi connectivity index (χ3n) is 5.96. The highest BCUT2D eigenvalue weighted by atomic mass is 16.2. The Labute approximate surface area is 151 Å². The highest BCUT2D eigenvalue weighted by Gasteiger charge is 2.45. The Kier molecular flexibility index (Phi) is 3.69. The number of hydrogen-bond acceptors (Lipinski definition) is 4. The molecule has 1 amide bonds. The number of rotatable bonds is 5. The first-order valence-corrected chi connectivity index (χ1v) is 9.55. The molecule has 3 fully saturated rings. The van der Waals surface area contributed by atoms with Gasteiger partial charge in [0.25, 0.3) is 0 Å². The van der Waals surface area contributed by atoms with Crippen LogP contribution >= 0.6 is 0 Å². The molecule has 26 heavy (non-hydrogen) atoms. The molecule has 0 unspecified atom stereocenters. The maximum Gasteiger partial charge on any atom is 0.247 e. The molecule has 1 saturated heterocycles. The Morgan fingerprint density at radius 1 is 1.19 bits per heavy atom. The zero-order valence-corrected chi connectivity index (χ0v) is 14.6. The highest BCUT2D eigenvalue weighted by molar-refractivity contribution is 5.79. The molecule has 5 rings (SSSR count). The first-order chi connectivity index (χ1) is 12.7. The van der Waals surface area contributed by atoms with Crippen LogP contribution in [0.25, 0.3) is 0 Å². The number of amides is 1. The highest BCUT2D eigenvalue weighted by Crippen LogP contribution is 2.47. The SMILES string of the molecule is O=C(Cc1ccc(=O)[nH]c1)N1C[C@H](c2nc(C3CC3)n[nH]2)[C@@H](C2CC2)C1. The summed E-state index contributed by atoms with van der Waals surface area (Å²) in [5.41, 5.74) is 0.699. The molecule has 2 N–H and O–H groups in total. The minimum Gasteiger partial charge on any atom is -0.341 e. The van der Waals surface area contributed by atoms with E-state index in [1.165, 1.54) is 31.7 Å². The number of aromatic amines is 2. The van der Waals surface area contributed by atoms with E-state index in [0.29, 0.717) is 30.7 Å². The molecule has 0 bridgehead atoms. The van der Waals surface area contributed by atoms with Crippen LogP contribution in [0, 0.1) is 11.8 Å². The van der Waals surface area contributed by atoms with Crippen LogP contribution < -0.4 is 5.56 Å². The summed E-state index contributed by atoms with van der Waals surface area (Å²) in [7, 11) is 0. The molecule has 0 radical (unpaired) electrons. The van der Waals surface area contributed by atoms with Gasteiger partial charge in [-0.25, -0.2) is 4.98 Å². The second kappa shape index (κ2) is 6.07. The summed E-state index contributed by atoms with van der Waals surface area (Å²) in [5, 5.41) is 7.57. The lowest BCUT2D eigenvalue weighted by Gasteiger charge is -2.16. The molecular formula is C19H23N5O2. The van der Waals surface area contributed by atoms with Gasteiger partial charge >= 0.3 is 0 Å². The molecule has 2 aliphatic carbocycles. The van der Waals surface area contributed by atoms with Gasteiger partial charge < -0.3 is 9.88 Å². The van der Waals surface area contributed by atoms with E-state index in [9.17, 15) is 9.59 Å². The molecule has 0 aromatic carbocycles. The van der Waals surface area contributed by atoms with E-state index in [0.717, 1.165) is 23.8 Å². The van der Waals surface area contributed by atoms with E-state index in [-0.39, 0.29) is 17.4 Å². The van der Waals surface area contributed by atoms with Crippen molar-refractivity contribution >= 4 is 5.91 Å². The Balaban J connectivity index is 1.31. The number of H-pyrrole nitrogens is 2. The quantitative estimate of drug-likeness (QED) is 0.853. The van der Waals surface area contributed by atoms with Crippen LogP contribution in [0.2, 0.25) is 0 Å². The van der Waals surface area contributed by atoms with E-state index >= 15 is 0 Å². The van der Waals surface area contributed by atoms with Gasteiger partial charge in [-0.15, -0.1) is 0 Å². The predicted octanol–water partition coefficient (Wildman–Crippen LogP) is 1.57. The number of nitrogens with zero attached hydrogens (tertiary/aromatic N) is 3. The minimum absolute atomic E-state index is 0.118. The van der Waals surface area contributed by atoms with Crippen LogP contribution in [-0.2, 0) is 11.2 Å². The number of hydrogen-bond donors (Lipinski definition) is 2. The van der Waals surface area contributed by atoms with Crippen LogP contribution in [-0.4, -0.2) is 44.1 Å². The van der Waals surface area contributed by atoms with Crippen LogP contribution in [0.5, 0.6) is 0 Å². The van der Waals surface area contributed by atoms with Crippen LogP contribution in [0.1, 0.15) is 54.7 Å². The van der Waals surface area contributed by atoms with Gasteiger partial charge in [0.2, 0.25) is 11.5 Å². The summed E-state index contributed by atoms with van der Waals surface area (Å²) >= 11 is 0. The Morgan fingerprint density at radius 3 is 2.73 bits per heavy atom. The Hall–Kier alpha value is -2.44. The Bertz CT molecular complexity index is 860. The average Bonchev–Trinajstić information content (AvgIpc) is 3.57. The fraction of sp³-hybridized carbons (Fsp3) is 0.579. The van der Waals surface area contributed by atoms with Crippen molar-refractivity contribution in [2.45, 2.75) is 43.9 Å². The van der Waals surface area contributed by atoms with Gasteiger partial charge in [-0.1, -0.05) is 6.07 Å². The molecule has 2 saturated carbocycles. The third-order valence-corrected chi connectivity index (χ3v) is 5.96. The van der Waals surface area contributed by atoms with Crippen molar-refractivity contribution in [3.63, 3.8) is 0 Å². The van der Waals surface area contributed by atoms with Gasteiger partial charge in [0.1, 0.15) is 5.82 Å². The van der Waals surface area contributed by atoms with Crippen molar-refractivity contribution < 1.29 is 4.79 Å². The standard InChI is InChI=1S/C19H23N5O2/c25-16-6-1-11(8-20-16)7-17(26)24-9-14(12-2-3-12)15(10-24)19-21-18(22-23-19)13-4-5-13/h1,6,8,12-15H,2-5,7,9-10H2,(H,20,25)(H,21,22,23)/t14-,15+/m1/s1. The second-order valence-corrected chi connectivity index (χ2v) is 8.00. The molecule has 3 heterocycles. The number of carbonyl (C=O) groups is 1. The van der Waals surface area contributed by atoms with E-state index in [2.05, 4.69) is 15.2 Å². The number of likely N-dealkylation sites (tertiary alicyclic amines) is 1. The van der Waals surface area contributed by atoms with E-state index in [1.54, 1.807) is 12.3 Å². The van der Waals surface area contributed by atoms with Crippen molar-refractivity contribution in [2.24, 2.45) is 11.8 Å². The van der Waals surface area contributed by atoms with Gasteiger partial charge in [-0.2, -0.15) is 5.10 Å². The first kappa shape index (κ1) is 15.8. The van der Waals surface area contributed by atoms with Crippen molar-refractivity contribution in [1.82, 2.24) is 25.1 Å².